The number of hydrogen-bond acceptors (Lipinski definition) is 5. The molecule has 5 heteroatoms. The molecular formula is C25H20N2O2S. The fourth-order valence-electron chi connectivity index (χ4n) is 4.52. The van der Waals surface area contributed by atoms with Crippen LogP contribution in [0.4, 0.5) is 0 Å². The second-order valence-corrected chi connectivity index (χ2v) is 8.48. The van der Waals surface area contributed by atoms with E-state index in [0.29, 0.717) is 0 Å². The van der Waals surface area contributed by atoms with Gasteiger partial charge in [0.05, 0.1) is 23.7 Å². The van der Waals surface area contributed by atoms with Crippen LogP contribution in [0.1, 0.15) is 34.7 Å². The highest BCUT2D eigenvalue weighted by Gasteiger charge is 2.41. The lowest BCUT2D eigenvalue weighted by Crippen LogP contribution is -2.33. The second kappa shape index (κ2) is 6.89. The highest BCUT2D eigenvalue weighted by atomic mass is 32.1. The first-order valence-electron chi connectivity index (χ1n) is 10.0. The molecule has 30 heavy (non-hydrogen) atoms. The molecule has 2 aliphatic rings. The van der Waals surface area contributed by atoms with Crippen LogP contribution in [-0.4, -0.2) is 17.8 Å². The van der Waals surface area contributed by atoms with Gasteiger partial charge >= 0.3 is 0 Å². The fraction of sp³-hybridized carbons (Fsp3) is 0.160. The van der Waals surface area contributed by atoms with Gasteiger partial charge in [-0.05, 0) is 35.0 Å². The van der Waals surface area contributed by atoms with Gasteiger partial charge in [-0.3, -0.25) is 0 Å². The Morgan fingerprint density at radius 3 is 2.60 bits per heavy atom. The van der Waals surface area contributed by atoms with Crippen LogP contribution >= 0.6 is 11.3 Å². The van der Waals surface area contributed by atoms with Crippen LogP contribution in [0.25, 0.3) is 10.8 Å². The Morgan fingerprint density at radius 1 is 0.933 bits per heavy atom. The maximum atomic E-state index is 6.56. The summed E-state index contributed by atoms with van der Waals surface area (Å²) in [4.78, 5) is 1.22. The molecule has 0 saturated heterocycles. The summed E-state index contributed by atoms with van der Waals surface area (Å²) in [5.41, 5.74) is 3.42. The van der Waals surface area contributed by atoms with E-state index in [9.17, 15) is 0 Å². The molecule has 6 rings (SSSR count). The Bertz CT molecular complexity index is 1270. The van der Waals surface area contributed by atoms with Gasteiger partial charge < -0.3 is 9.47 Å². The highest BCUT2D eigenvalue weighted by molar-refractivity contribution is 7.12. The molecule has 0 amide bonds. The average Bonchev–Trinajstić information content (AvgIpc) is 3.48. The second-order valence-electron chi connectivity index (χ2n) is 7.53. The third kappa shape index (κ3) is 2.62. The fourth-order valence-corrected chi connectivity index (χ4v) is 5.24. The van der Waals surface area contributed by atoms with Crippen molar-refractivity contribution in [3.63, 3.8) is 0 Å². The van der Waals surface area contributed by atoms with Crippen LogP contribution in [0.2, 0.25) is 0 Å². The molecule has 2 aliphatic heterocycles. The zero-order chi connectivity index (χ0) is 20.1. The van der Waals surface area contributed by atoms with Crippen LogP contribution in [0.15, 0.2) is 83.3 Å². The Hall–Kier alpha value is -3.31. The van der Waals surface area contributed by atoms with E-state index in [1.165, 1.54) is 10.4 Å². The van der Waals surface area contributed by atoms with E-state index in [0.717, 1.165) is 40.0 Å². The number of hydrazone groups is 1. The van der Waals surface area contributed by atoms with Crippen LogP contribution in [-0.2, 0) is 0 Å². The first kappa shape index (κ1) is 17.5. The zero-order valence-electron chi connectivity index (χ0n) is 16.5. The van der Waals surface area contributed by atoms with Crippen molar-refractivity contribution >= 4 is 27.8 Å². The number of nitrogens with zero attached hydrogens (tertiary/aromatic N) is 2. The molecule has 0 fully saturated rings. The zero-order valence-corrected chi connectivity index (χ0v) is 17.3. The topological polar surface area (TPSA) is 34.1 Å². The Morgan fingerprint density at radius 2 is 1.77 bits per heavy atom. The largest absolute Gasteiger partial charge is 0.496 e. The number of fused-ring (bicyclic) bond motifs is 4. The van der Waals surface area contributed by atoms with Crippen LogP contribution < -0.4 is 9.47 Å². The normalized spacial score (nSPS) is 19.8. The van der Waals surface area contributed by atoms with Crippen molar-refractivity contribution in [2.24, 2.45) is 5.10 Å². The third-order valence-electron chi connectivity index (χ3n) is 5.91. The van der Waals surface area contributed by atoms with Crippen molar-refractivity contribution in [1.29, 1.82) is 0 Å². The summed E-state index contributed by atoms with van der Waals surface area (Å²) in [5.74, 6) is 1.80. The van der Waals surface area contributed by atoms with Gasteiger partial charge in [0, 0.05) is 22.9 Å². The molecule has 0 N–H and O–H groups in total. The van der Waals surface area contributed by atoms with Gasteiger partial charge in [0.25, 0.3) is 0 Å². The highest BCUT2D eigenvalue weighted by Crippen LogP contribution is 2.49. The minimum absolute atomic E-state index is 0.165. The predicted molar refractivity (Wildman–Crippen MR) is 120 cm³/mol. The molecule has 148 valence electrons. The molecule has 0 aliphatic carbocycles. The van der Waals surface area contributed by atoms with E-state index in [1.807, 2.05) is 18.2 Å². The summed E-state index contributed by atoms with van der Waals surface area (Å²) in [6, 6.07) is 25.2. The van der Waals surface area contributed by atoms with Crippen LogP contribution in [0.5, 0.6) is 11.5 Å². The van der Waals surface area contributed by atoms with Crippen LogP contribution in [0, 0.1) is 0 Å². The van der Waals surface area contributed by atoms with Gasteiger partial charge in [-0.15, -0.1) is 11.3 Å². The van der Waals surface area contributed by atoms with Gasteiger partial charge in [-0.25, -0.2) is 5.01 Å². The van der Waals surface area contributed by atoms with Gasteiger partial charge in [0.15, 0.2) is 0 Å². The molecular weight excluding hydrogens is 392 g/mol. The van der Waals surface area contributed by atoms with Gasteiger partial charge in [-0.1, -0.05) is 48.5 Å². The van der Waals surface area contributed by atoms with Crippen molar-refractivity contribution in [1.82, 2.24) is 5.01 Å². The lowest BCUT2D eigenvalue weighted by atomic mass is 9.96. The van der Waals surface area contributed by atoms with Crippen molar-refractivity contribution in [3.05, 3.63) is 94.2 Å². The summed E-state index contributed by atoms with van der Waals surface area (Å²) < 4.78 is 12.2. The summed E-state index contributed by atoms with van der Waals surface area (Å²) in [5, 5.41) is 11.5. The molecule has 2 unspecified atom stereocenters. The summed E-state index contributed by atoms with van der Waals surface area (Å²) in [6.45, 7) is 0. The van der Waals surface area contributed by atoms with E-state index in [-0.39, 0.29) is 12.3 Å². The minimum Gasteiger partial charge on any atom is -0.496 e. The number of thiophene rings is 1. The predicted octanol–water partition coefficient (Wildman–Crippen LogP) is 6.15. The average molecular weight is 413 g/mol. The molecule has 0 spiro atoms. The van der Waals surface area contributed by atoms with Crippen molar-refractivity contribution in [2.45, 2.75) is 18.7 Å². The van der Waals surface area contributed by atoms with Crippen molar-refractivity contribution < 1.29 is 9.47 Å². The molecule has 4 aromatic rings. The first-order chi connectivity index (χ1) is 14.8. The molecule has 0 radical (unpaired) electrons. The van der Waals surface area contributed by atoms with E-state index in [4.69, 9.17) is 14.6 Å². The molecule has 2 atom stereocenters. The lowest BCUT2D eigenvalue weighted by Gasteiger charge is -2.38. The number of rotatable bonds is 3. The number of benzene rings is 3. The smallest absolute Gasteiger partial charge is 0.214 e. The molecule has 3 aromatic carbocycles. The maximum absolute atomic E-state index is 6.56. The van der Waals surface area contributed by atoms with E-state index in [1.54, 1.807) is 18.4 Å². The van der Waals surface area contributed by atoms with Gasteiger partial charge in [0.1, 0.15) is 11.5 Å². The summed E-state index contributed by atoms with van der Waals surface area (Å²) in [6.07, 6.45) is 0.587. The molecule has 1 aromatic heterocycles. The molecule has 0 bridgehead atoms. The Labute approximate surface area is 179 Å². The van der Waals surface area contributed by atoms with E-state index in [2.05, 4.69) is 65.0 Å². The van der Waals surface area contributed by atoms with E-state index < -0.39 is 0 Å². The van der Waals surface area contributed by atoms with Gasteiger partial charge in [-0.2, -0.15) is 5.10 Å². The molecule has 4 nitrogen and oxygen atoms in total. The Kier molecular flexibility index (Phi) is 4.03. The quantitative estimate of drug-likeness (QED) is 0.405. The SMILES string of the molecule is COc1ccc(C2Oc3ccccc3C3CC(c4cccs4)=NN32)c2ccccc12. The van der Waals surface area contributed by atoms with E-state index >= 15 is 0 Å². The van der Waals surface area contributed by atoms with Crippen molar-refractivity contribution in [2.75, 3.05) is 7.11 Å². The molecule has 0 saturated carbocycles. The Balaban J connectivity index is 1.53. The minimum atomic E-state index is -0.293. The summed E-state index contributed by atoms with van der Waals surface area (Å²) >= 11 is 1.74. The molecule has 3 heterocycles. The van der Waals surface area contributed by atoms with Crippen LogP contribution in [0.3, 0.4) is 0 Å². The maximum Gasteiger partial charge on any atom is 0.214 e. The number of hydrogen-bond donors (Lipinski definition) is 0. The number of methoxy groups -OCH3 is 1. The monoisotopic (exact) mass is 412 g/mol. The lowest BCUT2D eigenvalue weighted by molar-refractivity contribution is -0.0180. The number of para-hydroxylation sites is 1. The number of ether oxygens (including phenoxy) is 2. The third-order valence-corrected chi connectivity index (χ3v) is 6.83. The van der Waals surface area contributed by atoms with Crippen molar-refractivity contribution in [3.8, 4) is 11.5 Å². The summed E-state index contributed by atoms with van der Waals surface area (Å²) in [7, 11) is 1.71. The van der Waals surface area contributed by atoms with Gasteiger partial charge in [0.2, 0.25) is 6.23 Å². The first-order valence-corrected chi connectivity index (χ1v) is 10.9. The standard InChI is InChI=1S/C25H20N2O2S/c1-28-22-13-12-18(16-7-2-3-8-17(16)22)25-27-21(19-9-4-5-10-23(19)29-25)15-20(26-27)24-11-6-14-30-24/h2-14,21,25H,15H2,1H3.